The first-order valence-electron chi connectivity index (χ1n) is 2.04. The second-order valence-electron chi connectivity index (χ2n) is 0.899. The summed E-state index contributed by atoms with van der Waals surface area (Å²) < 4.78 is 43.7. The summed E-state index contributed by atoms with van der Waals surface area (Å²) in [5.41, 5.74) is 0. The van der Waals surface area contributed by atoms with E-state index in [1.54, 1.807) is 0 Å². The maximum atomic E-state index is 10.3. The summed E-state index contributed by atoms with van der Waals surface area (Å²) in [6.45, 7) is 0. The molecule has 0 aromatic heterocycles. The Morgan fingerprint density at radius 3 is 1.00 bits per heavy atom. The van der Waals surface area contributed by atoms with Gasteiger partial charge in [-0.05, 0) is 0 Å². The van der Waals surface area contributed by atoms with Crippen LogP contribution in [0.5, 0.6) is 0 Å². The van der Waals surface area contributed by atoms with E-state index < -0.39 is 12.2 Å². The van der Waals surface area contributed by atoms with Gasteiger partial charge in [0.05, 0.1) is 0 Å². The van der Waals surface area contributed by atoms with E-state index in [2.05, 4.69) is 45.2 Å². The predicted molar refractivity (Wildman–Crippen MR) is 49.2 cm³/mol. The second-order valence-corrected chi connectivity index (χ2v) is 3.06. The normalized spacial score (nSPS) is 7.80. The molecule has 0 atom stereocenters. The van der Waals surface area contributed by atoms with E-state index in [4.69, 9.17) is 0 Å². The first-order chi connectivity index (χ1) is 4.56. The standard InChI is InChI=1S/C2F4.C2H4I2/c3-1(4)2(5)6;3-1-2-4/h;1-2H2. The largest absolute Gasteiger partial charge is 0.334 e. The van der Waals surface area contributed by atoms with Crippen molar-refractivity contribution in [2.24, 2.45) is 0 Å². The van der Waals surface area contributed by atoms with Crippen LogP contribution in [0.15, 0.2) is 12.2 Å². The van der Waals surface area contributed by atoms with Crippen molar-refractivity contribution in [3.8, 4) is 0 Å². The van der Waals surface area contributed by atoms with Gasteiger partial charge in [-0.2, -0.15) is 17.6 Å². The Morgan fingerprint density at radius 1 is 0.800 bits per heavy atom. The quantitative estimate of drug-likeness (QED) is 0.368. The van der Waals surface area contributed by atoms with E-state index in [0.717, 1.165) is 0 Å². The Labute approximate surface area is 83.3 Å². The molecule has 0 aromatic carbocycles. The van der Waals surface area contributed by atoms with Crippen molar-refractivity contribution in [2.75, 3.05) is 8.86 Å². The molecule has 0 fully saturated rings. The van der Waals surface area contributed by atoms with Gasteiger partial charge in [0.15, 0.2) is 0 Å². The highest BCUT2D eigenvalue weighted by atomic mass is 127. The summed E-state index contributed by atoms with van der Waals surface area (Å²) in [6.07, 6.45) is -5.81. The first kappa shape index (κ1) is 13.5. The Bertz CT molecular complexity index is 83.4. The van der Waals surface area contributed by atoms with Gasteiger partial charge in [-0.1, -0.05) is 45.2 Å². The van der Waals surface area contributed by atoms with Crippen LogP contribution in [0.1, 0.15) is 0 Å². The van der Waals surface area contributed by atoms with Gasteiger partial charge in [-0.15, -0.1) is 0 Å². The van der Waals surface area contributed by atoms with E-state index in [0.29, 0.717) is 0 Å². The number of hydrogen-bond donors (Lipinski definition) is 0. The van der Waals surface area contributed by atoms with Crippen LogP contribution in [0.25, 0.3) is 0 Å². The van der Waals surface area contributed by atoms with Crippen LogP contribution < -0.4 is 0 Å². The molecular formula is C4H4F4I2. The van der Waals surface area contributed by atoms with E-state index >= 15 is 0 Å². The van der Waals surface area contributed by atoms with Gasteiger partial charge in [0, 0.05) is 8.86 Å². The molecule has 0 bridgehead atoms. The van der Waals surface area contributed by atoms with E-state index in [1.807, 2.05) is 0 Å². The van der Waals surface area contributed by atoms with Crippen LogP contribution in [0.3, 0.4) is 0 Å². The molecule has 0 saturated carbocycles. The molecule has 0 rings (SSSR count). The van der Waals surface area contributed by atoms with Crippen molar-refractivity contribution >= 4 is 45.2 Å². The van der Waals surface area contributed by atoms with Gasteiger partial charge in [-0.25, -0.2) is 0 Å². The summed E-state index contributed by atoms with van der Waals surface area (Å²) in [6, 6.07) is 0. The first-order valence-corrected chi connectivity index (χ1v) is 5.09. The lowest BCUT2D eigenvalue weighted by atomic mass is 11.0. The molecule has 0 aliphatic heterocycles. The number of halogens is 6. The zero-order valence-corrected chi connectivity index (χ0v) is 9.00. The molecule has 0 spiro atoms. The zero-order valence-electron chi connectivity index (χ0n) is 4.68. The Kier molecular flexibility index (Phi) is 13.4. The molecule has 0 radical (unpaired) electrons. The van der Waals surface area contributed by atoms with E-state index in [-0.39, 0.29) is 0 Å². The molecule has 0 heterocycles. The molecule has 0 aromatic rings. The van der Waals surface area contributed by atoms with Gasteiger partial charge < -0.3 is 0 Å². The van der Waals surface area contributed by atoms with Crippen LogP contribution in [0.4, 0.5) is 17.6 Å². The van der Waals surface area contributed by atoms with Crippen LogP contribution in [0.2, 0.25) is 0 Å². The minimum Gasteiger partial charge on any atom is -0.167 e. The molecule has 10 heavy (non-hydrogen) atoms. The maximum Gasteiger partial charge on any atom is 0.334 e. The summed E-state index contributed by atoms with van der Waals surface area (Å²) in [4.78, 5) is 0. The molecular weight excluding hydrogens is 378 g/mol. The average Bonchev–Trinajstić information content (AvgIpc) is 1.89. The smallest absolute Gasteiger partial charge is 0.167 e. The highest BCUT2D eigenvalue weighted by Gasteiger charge is 1.98. The van der Waals surface area contributed by atoms with Crippen molar-refractivity contribution in [2.45, 2.75) is 0 Å². The van der Waals surface area contributed by atoms with Gasteiger partial charge >= 0.3 is 12.2 Å². The fourth-order valence-electron chi connectivity index (χ4n) is 0. The SMILES string of the molecule is FC(F)=C(F)F.ICCI. The number of alkyl halides is 2. The number of hydrogen-bond acceptors (Lipinski definition) is 0. The van der Waals surface area contributed by atoms with Crippen molar-refractivity contribution in [3.63, 3.8) is 0 Å². The Balaban J connectivity index is 0. The van der Waals surface area contributed by atoms with Crippen LogP contribution in [0, 0.1) is 0 Å². The molecule has 0 N–H and O–H groups in total. The third-order valence-electron chi connectivity index (χ3n) is 0.214. The highest BCUT2D eigenvalue weighted by Crippen LogP contribution is 2.08. The lowest BCUT2D eigenvalue weighted by molar-refractivity contribution is 0.308. The van der Waals surface area contributed by atoms with Crippen molar-refractivity contribution in [3.05, 3.63) is 12.2 Å². The van der Waals surface area contributed by atoms with E-state index in [1.165, 1.54) is 8.86 Å². The molecule has 0 saturated heterocycles. The van der Waals surface area contributed by atoms with Crippen molar-refractivity contribution < 1.29 is 17.6 Å². The molecule has 0 aliphatic carbocycles. The zero-order chi connectivity index (χ0) is 8.57. The second kappa shape index (κ2) is 9.92. The summed E-state index contributed by atoms with van der Waals surface area (Å²) in [7, 11) is 0. The Morgan fingerprint density at radius 2 is 1.00 bits per heavy atom. The highest BCUT2D eigenvalue weighted by molar-refractivity contribution is 14.1. The third-order valence-corrected chi connectivity index (χ3v) is 3.36. The molecule has 0 unspecified atom stereocenters. The monoisotopic (exact) mass is 382 g/mol. The van der Waals surface area contributed by atoms with Crippen LogP contribution in [-0.4, -0.2) is 8.86 Å². The Hall–Kier alpha value is 0.920. The third kappa shape index (κ3) is 16.0. The lowest BCUT2D eigenvalue weighted by Gasteiger charge is -1.69. The van der Waals surface area contributed by atoms with Crippen LogP contribution >= 0.6 is 45.2 Å². The fraction of sp³-hybridized carbons (Fsp3) is 0.500. The molecule has 0 amide bonds. The van der Waals surface area contributed by atoms with Crippen molar-refractivity contribution in [1.82, 2.24) is 0 Å². The minimum atomic E-state index is -2.91. The molecule has 62 valence electrons. The minimum absolute atomic E-state index is 1.28. The summed E-state index contributed by atoms with van der Waals surface area (Å²) >= 11 is 4.69. The summed E-state index contributed by atoms with van der Waals surface area (Å²) in [5.74, 6) is 0. The topological polar surface area (TPSA) is 0 Å². The van der Waals surface area contributed by atoms with Gasteiger partial charge in [0.2, 0.25) is 0 Å². The molecule has 6 heteroatoms. The van der Waals surface area contributed by atoms with Gasteiger partial charge in [-0.3, -0.25) is 0 Å². The van der Waals surface area contributed by atoms with Gasteiger partial charge in [0.25, 0.3) is 0 Å². The predicted octanol–water partition coefficient (Wildman–Crippen LogP) is 3.85. The number of rotatable bonds is 1. The fourth-order valence-corrected chi connectivity index (χ4v) is 0. The van der Waals surface area contributed by atoms with Crippen molar-refractivity contribution in [1.29, 1.82) is 0 Å². The average molecular weight is 382 g/mol. The van der Waals surface area contributed by atoms with Crippen LogP contribution in [-0.2, 0) is 0 Å². The maximum absolute atomic E-state index is 10.3. The van der Waals surface area contributed by atoms with Gasteiger partial charge in [0.1, 0.15) is 0 Å². The summed E-state index contributed by atoms with van der Waals surface area (Å²) in [5, 5.41) is 0. The lowest BCUT2D eigenvalue weighted by Crippen LogP contribution is -1.60. The molecule has 0 aliphatic rings. The van der Waals surface area contributed by atoms with E-state index in [9.17, 15) is 17.6 Å². The molecule has 0 nitrogen and oxygen atoms in total.